The van der Waals surface area contributed by atoms with Gasteiger partial charge in [0.25, 0.3) is 0 Å². The quantitative estimate of drug-likeness (QED) is 0.193. The van der Waals surface area contributed by atoms with Crippen LogP contribution >= 0.6 is 34.5 Å². The van der Waals surface area contributed by atoms with E-state index < -0.39 is 12.0 Å². The second-order valence-electron chi connectivity index (χ2n) is 10.2. The first-order valence-electron chi connectivity index (χ1n) is 13.6. The molecule has 0 saturated carbocycles. The fourth-order valence-corrected chi connectivity index (χ4v) is 6.48. The number of fused-ring (bicyclic) bond motifs is 1. The summed E-state index contributed by atoms with van der Waals surface area (Å²) in [5.41, 5.74) is 2.48. The van der Waals surface area contributed by atoms with Gasteiger partial charge in [-0.2, -0.15) is 0 Å². The van der Waals surface area contributed by atoms with Gasteiger partial charge in [-0.3, -0.25) is 9.59 Å². The van der Waals surface area contributed by atoms with Gasteiger partial charge in [-0.25, -0.2) is 9.78 Å². The molecule has 5 rings (SSSR count). The highest BCUT2D eigenvalue weighted by Crippen LogP contribution is 2.37. The van der Waals surface area contributed by atoms with Crippen LogP contribution in [0.25, 0.3) is 16.2 Å². The van der Waals surface area contributed by atoms with Gasteiger partial charge < -0.3 is 19.5 Å². The molecule has 4 aromatic rings. The zero-order valence-electron chi connectivity index (χ0n) is 23.0. The number of esters is 1. The van der Waals surface area contributed by atoms with Crippen molar-refractivity contribution in [1.82, 2.24) is 19.8 Å². The van der Waals surface area contributed by atoms with Crippen LogP contribution in [0.2, 0.25) is 10.0 Å². The molecule has 1 aliphatic heterocycles. The number of halogens is 2. The summed E-state index contributed by atoms with van der Waals surface area (Å²) in [6.45, 7) is 1.50. The van der Waals surface area contributed by atoms with Crippen LogP contribution in [0.3, 0.4) is 0 Å². The maximum atomic E-state index is 13.1. The molecule has 2 aromatic heterocycles. The molecule has 2 amide bonds. The number of amides is 2. The zero-order valence-corrected chi connectivity index (χ0v) is 25.3. The molecule has 0 spiro atoms. The van der Waals surface area contributed by atoms with Crippen LogP contribution in [0.1, 0.15) is 29.7 Å². The number of hydrogen-bond acceptors (Lipinski definition) is 6. The Kier molecular flexibility index (Phi) is 9.62. The fourth-order valence-electron chi connectivity index (χ4n) is 5.05. The molecular formula is C31H30Cl2N4O4S. The van der Waals surface area contributed by atoms with Gasteiger partial charge in [0.1, 0.15) is 6.04 Å². The third-order valence-electron chi connectivity index (χ3n) is 7.35. The van der Waals surface area contributed by atoms with Crippen LogP contribution in [-0.2, 0) is 32.1 Å². The number of aromatic nitrogens is 2. The Morgan fingerprint density at radius 1 is 1.14 bits per heavy atom. The highest BCUT2D eigenvalue weighted by atomic mass is 35.5. The second-order valence-corrected chi connectivity index (χ2v) is 11.8. The third kappa shape index (κ3) is 7.03. The van der Waals surface area contributed by atoms with Crippen molar-refractivity contribution >= 4 is 68.5 Å². The first kappa shape index (κ1) is 29.8. The van der Waals surface area contributed by atoms with Crippen molar-refractivity contribution in [3.63, 3.8) is 0 Å². The van der Waals surface area contributed by atoms with Crippen LogP contribution in [0.5, 0.6) is 0 Å². The van der Waals surface area contributed by atoms with Gasteiger partial charge in [0.15, 0.2) is 0 Å². The fraction of sp³-hybridized carbons (Fsp3) is 0.290. The van der Waals surface area contributed by atoms with Gasteiger partial charge in [0.2, 0.25) is 11.8 Å². The molecule has 1 fully saturated rings. The van der Waals surface area contributed by atoms with Gasteiger partial charge in [0, 0.05) is 44.2 Å². The van der Waals surface area contributed by atoms with E-state index in [1.807, 2.05) is 58.6 Å². The van der Waals surface area contributed by atoms with Crippen molar-refractivity contribution in [3.05, 3.63) is 93.3 Å². The number of ether oxygens (including phenoxy) is 1. The first-order chi connectivity index (χ1) is 20.3. The summed E-state index contributed by atoms with van der Waals surface area (Å²) in [4.78, 5) is 44.6. The molecule has 3 heterocycles. The molecule has 2 aromatic carbocycles. The molecule has 42 heavy (non-hydrogen) atoms. The SMILES string of the molecule is COC(=O)C(Cc1cn(Cc2ccccc2)cn1)NC(=O)C1CCN(C(=O)C=Cc2cc3ccsc3c(Cl)c2Cl)CC1. The summed E-state index contributed by atoms with van der Waals surface area (Å²) in [6, 6.07) is 13.0. The summed E-state index contributed by atoms with van der Waals surface area (Å²) < 4.78 is 7.81. The topological polar surface area (TPSA) is 93.5 Å². The van der Waals surface area contributed by atoms with Gasteiger partial charge >= 0.3 is 5.97 Å². The Morgan fingerprint density at radius 3 is 2.64 bits per heavy atom. The van der Waals surface area contributed by atoms with Crippen molar-refractivity contribution in [2.45, 2.75) is 31.8 Å². The van der Waals surface area contributed by atoms with Crippen LogP contribution in [0, 0.1) is 5.92 Å². The number of benzene rings is 2. The minimum atomic E-state index is -0.859. The summed E-state index contributed by atoms with van der Waals surface area (Å²) in [7, 11) is 1.30. The number of rotatable bonds is 9. The molecule has 218 valence electrons. The summed E-state index contributed by atoms with van der Waals surface area (Å²) >= 11 is 14.3. The Bertz CT molecular complexity index is 1610. The van der Waals surface area contributed by atoms with E-state index in [0.29, 0.717) is 53.8 Å². The maximum absolute atomic E-state index is 13.1. The highest BCUT2D eigenvalue weighted by Gasteiger charge is 2.30. The van der Waals surface area contributed by atoms with Gasteiger partial charge in [-0.15, -0.1) is 11.3 Å². The van der Waals surface area contributed by atoms with Crippen LogP contribution < -0.4 is 5.32 Å². The lowest BCUT2D eigenvalue weighted by atomic mass is 9.95. The van der Waals surface area contributed by atoms with E-state index in [0.717, 1.165) is 15.6 Å². The smallest absolute Gasteiger partial charge is 0.328 e. The molecule has 1 unspecified atom stereocenters. The predicted octanol–water partition coefficient (Wildman–Crippen LogP) is 5.61. The average molecular weight is 626 g/mol. The Hall–Kier alpha value is -3.66. The molecule has 0 aliphatic carbocycles. The molecular weight excluding hydrogens is 595 g/mol. The summed E-state index contributed by atoms with van der Waals surface area (Å²) in [6.07, 6.45) is 7.92. The molecule has 1 N–H and O–H groups in total. The average Bonchev–Trinajstić information content (AvgIpc) is 3.67. The Labute approximate surface area is 257 Å². The minimum absolute atomic E-state index is 0.162. The monoisotopic (exact) mass is 624 g/mol. The van der Waals surface area contributed by atoms with Crippen molar-refractivity contribution in [1.29, 1.82) is 0 Å². The van der Waals surface area contributed by atoms with Crippen molar-refractivity contribution < 1.29 is 19.1 Å². The molecule has 8 nitrogen and oxygen atoms in total. The number of imidazole rings is 1. The van der Waals surface area contributed by atoms with E-state index in [4.69, 9.17) is 27.9 Å². The molecule has 0 bridgehead atoms. The predicted molar refractivity (Wildman–Crippen MR) is 166 cm³/mol. The van der Waals surface area contributed by atoms with Crippen LogP contribution in [-0.4, -0.2) is 58.5 Å². The lowest BCUT2D eigenvalue weighted by molar-refractivity contribution is -0.145. The lowest BCUT2D eigenvalue weighted by Gasteiger charge is -2.31. The standard InChI is InChI=1S/C31H30Cl2N4O4S/c1-41-31(40)25(16-24-18-36(19-34-24)17-20-5-3-2-4-6-20)35-30(39)21-9-12-37(13-10-21)26(38)8-7-22-15-23-11-14-42-29(23)28(33)27(22)32/h2-8,11,14-15,18-19,21,25H,9-10,12-13,16-17H2,1H3,(H,35,39). The van der Waals surface area contributed by atoms with Crippen LogP contribution in [0.4, 0.5) is 0 Å². The molecule has 0 radical (unpaired) electrons. The number of hydrogen-bond donors (Lipinski definition) is 1. The van der Waals surface area contributed by atoms with E-state index in [2.05, 4.69) is 10.3 Å². The number of thiophene rings is 1. The number of likely N-dealkylation sites (tertiary alicyclic amines) is 1. The van der Waals surface area contributed by atoms with Gasteiger partial charge in [-0.05, 0) is 52.9 Å². The second kappa shape index (κ2) is 13.5. The zero-order chi connectivity index (χ0) is 29.6. The Balaban J connectivity index is 1.15. The van der Waals surface area contributed by atoms with Crippen molar-refractivity contribution in [3.8, 4) is 0 Å². The lowest BCUT2D eigenvalue weighted by Crippen LogP contribution is -2.48. The Morgan fingerprint density at radius 2 is 1.90 bits per heavy atom. The van der Waals surface area contributed by atoms with E-state index in [1.54, 1.807) is 17.3 Å². The van der Waals surface area contributed by atoms with Gasteiger partial charge in [-0.1, -0.05) is 53.5 Å². The number of nitrogens with zero attached hydrogens (tertiary/aromatic N) is 3. The molecule has 1 aliphatic rings. The van der Waals surface area contributed by atoms with Crippen molar-refractivity contribution in [2.75, 3.05) is 20.2 Å². The third-order valence-corrected chi connectivity index (χ3v) is 9.29. The molecule has 1 atom stereocenters. The van der Waals surface area contributed by atoms with E-state index in [-0.39, 0.29) is 24.2 Å². The molecule has 1 saturated heterocycles. The van der Waals surface area contributed by atoms with E-state index in [9.17, 15) is 14.4 Å². The minimum Gasteiger partial charge on any atom is -0.467 e. The van der Waals surface area contributed by atoms with Crippen LogP contribution in [0.15, 0.2) is 66.4 Å². The number of methoxy groups -OCH3 is 1. The van der Waals surface area contributed by atoms with E-state index >= 15 is 0 Å². The van der Waals surface area contributed by atoms with Crippen molar-refractivity contribution in [2.24, 2.45) is 5.92 Å². The molecule has 11 heteroatoms. The summed E-state index contributed by atoms with van der Waals surface area (Å²) in [5.74, 6) is -1.25. The summed E-state index contributed by atoms with van der Waals surface area (Å²) in [5, 5.41) is 6.66. The number of piperidine rings is 1. The normalized spacial score (nSPS) is 14.8. The number of nitrogens with one attached hydrogen (secondary N) is 1. The first-order valence-corrected chi connectivity index (χ1v) is 15.2. The number of carbonyl (C=O) groups is 3. The largest absolute Gasteiger partial charge is 0.467 e. The highest BCUT2D eigenvalue weighted by molar-refractivity contribution is 7.18. The number of carbonyl (C=O) groups excluding carboxylic acids is 3. The van der Waals surface area contributed by atoms with Gasteiger partial charge in [0.05, 0.1) is 33.9 Å². The maximum Gasteiger partial charge on any atom is 0.328 e. The van der Waals surface area contributed by atoms with E-state index in [1.165, 1.54) is 24.5 Å².